The highest BCUT2D eigenvalue weighted by atomic mass is 16.6. The molecule has 2 heterocycles. The molecule has 0 spiro atoms. The molecule has 3 atom stereocenters. The number of carbonyl (C=O) groups is 1. The van der Waals surface area contributed by atoms with Gasteiger partial charge in [-0.05, 0) is 63.6 Å². The number of para-hydroxylation sites is 2. The summed E-state index contributed by atoms with van der Waals surface area (Å²) in [6, 6.07) is 9.90. The number of ether oxygens (including phenoxy) is 2. The van der Waals surface area contributed by atoms with Crippen LogP contribution in [0, 0.1) is 11.8 Å². The fraction of sp³-hybridized carbons (Fsp3) is 0.524. The van der Waals surface area contributed by atoms with Gasteiger partial charge in [-0.15, -0.1) is 0 Å². The van der Waals surface area contributed by atoms with Gasteiger partial charge in [-0.3, -0.25) is 0 Å². The molecule has 2 aromatic rings. The van der Waals surface area contributed by atoms with Crippen molar-refractivity contribution in [2.24, 2.45) is 11.8 Å². The van der Waals surface area contributed by atoms with E-state index in [-0.39, 0.29) is 12.2 Å². The molecule has 4 rings (SSSR count). The molecule has 1 saturated carbocycles. The molecule has 2 fully saturated rings. The molecule has 1 aromatic heterocycles. The molecule has 1 aliphatic heterocycles. The van der Waals surface area contributed by atoms with Crippen molar-refractivity contribution < 1.29 is 14.3 Å². The van der Waals surface area contributed by atoms with Crippen LogP contribution in [0.3, 0.4) is 0 Å². The number of benzene rings is 1. The zero-order chi connectivity index (χ0) is 19.0. The van der Waals surface area contributed by atoms with Gasteiger partial charge in [0.05, 0.1) is 6.10 Å². The molecule has 0 bridgehead atoms. The predicted octanol–water partition coefficient (Wildman–Crippen LogP) is 3.90. The Bertz CT molecular complexity index is 783. The van der Waals surface area contributed by atoms with Gasteiger partial charge in [0.1, 0.15) is 17.0 Å². The summed E-state index contributed by atoms with van der Waals surface area (Å²) in [7, 11) is 0. The first-order valence-electron chi connectivity index (χ1n) is 9.63. The van der Waals surface area contributed by atoms with Crippen molar-refractivity contribution in [2.45, 2.75) is 45.3 Å². The van der Waals surface area contributed by atoms with Crippen molar-refractivity contribution in [3.63, 3.8) is 0 Å². The zero-order valence-corrected chi connectivity index (χ0v) is 16.2. The molecule has 6 nitrogen and oxygen atoms in total. The van der Waals surface area contributed by atoms with Crippen molar-refractivity contribution in [2.75, 3.05) is 13.1 Å². The lowest BCUT2D eigenvalue weighted by molar-refractivity contribution is 0.0272. The van der Waals surface area contributed by atoms with Gasteiger partial charge in [0.15, 0.2) is 0 Å². The minimum atomic E-state index is -0.448. The highest BCUT2D eigenvalue weighted by Crippen LogP contribution is 2.40. The largest absolute Gasteiger partial charge is 0.488 e. The molecule has 2 aliphatic rings. The molecule has 1 saturated heterocycles. The molecular weight excluding hydrogens is 342 g/mol. The first kappa shape index (κ1) is 17.9. The second-order valence-electron chi connectivity index (χ2n) is 8.54. The minimum Gasteiger partial charge on any atom is -0.488 e. The standard InChI is InChI=1S/C21H27N3O3/c1-21(2,3)27-20(25)23-13-15-11-17(12-16(15)14-23)26-19-8-5-4-7-18(19)24-10-6-9-22-24/h4-10,15-17H,11-14H2,1-3H3/t15-,16+,17?. The second-order valence-corrected chi connectivity index (χ2v) is 8.54. The van der Waals surface area contributed by atoms with Crippen LogP contribution in [0.15, 0.2) is 42.7 Å². The Kier molecular flexibility index (Phi) is 4.58. The fourth-order valence-corrected chi connectivity index (χ4v) is 4.15. The molecule has 0 N–H and O–H groups in total. The van der Waals surface area contributed by atoms with Crippen LogP contribution in [0.4, 0.5) is 4.79 Å². The molecule has 1 aromatic carbocycles. The third-order valence-electron chi connectivity index (χ3n) is 5.27. The number of aromatic nitrogens is 2. The minimum absolute atomic E-state index is 0.178. The fourth-order valence-electron chi connectivity index (χ4n) is 4.15. The summed E-state index contributed by atoms with van der Waals surface area (Å²) >= 11 is 0. The van der Waals surface area contributed by atoms with E-state index in [0.717, 1.165) is 37.4 Å². The Morgan fingerprint density at radius 3 is 2.44 bits per heavy atom. The molecule has 144 valence electrons. The second kappa shape index (κ2) is 6.91. The smallest absolute Gasteiger partial charge is 0.410 e. The van der Waals surface area contributed by atoms with Crippen LogP contribution in [0.5, 0.6) is 5.75 Å². The van der Waals surface area contributed by atoms with E-state index < -0.39 is 5.60 Å². The van der Waals surface area contributed by atoms with E-state index in [1.54, 1.807) is 6.20 Å². The maximum Gasteiger partial charge on any atom is 0.410 e. The lowest BCUT2D eigenvalue weighted by Crippen LogP contribution is -2.36. The van der Waals surface area contributed by atoms with Crippen molar-refractivity contribution in [1.29, 1.82) is 0 Å². The summed E-state index contributed by atoms with van der Waals surface area (Å²) in [6.07, 6.45) is 5.61. The summed E-state index contributed by atoms with van der Waals surface area (Å²) in [6.45, 7) is 7.24. The van der Waals surface area contributed by atoms with E-state index in [0.29, 0.717) is 11.8 Å². The molecule has 1 aliphatic carbocycles. The summed E-state index contributed by atoms with van der Waals surface area (Å²) in [5.74, 6) is 1.83. The number of amides is 1. The maximum absolute atomic E-state index is 12.3. The van der Waals surface area contributed by atoms with Gasteiger partial charge >= 0.3 is 6.09 Å². The average Bonchev–Trinajstić information content (AvgIpc) is 3.29. The quantitative estimate of drug-likeness (QED) is 0.823. The van der Waals surface area contributed by atoms with Gasteiger partial charge in [-0.2, -0.15) is 5.10 Å². The summed E-state index contributed by atoms with van der Waals surface area (Å²) < 4.78 is 13.7. The Morgan fingerprint density at radius 2 is 1.81 bits per heavy atom. The number of nitrogens with zero attached hydrogens (tertiary/aromatic N) is 3. The number of likely N-dealkylation sites (tertiary alicyclic amines) is 1. The van der Waals surface area contributed by atoms with Crippen molar-refractivity contribution in [3.05, 3.63) is 42.7 Å². The Labute approximate surface area is 160 Å². The number of hydrogen-bond donors (Lipinski definition) is 0. The highest BCUT2D eigenvalue weighted by Gasteiger charge is 2.44. The van der Waals surface area contributed by atoms with Crippen molar-refractivity contribution in [1.82, 2.24) is 14.7 Å². The Morgan fingerprint density at radius 1 is 1.11 bits per heavy atom. The lowest BCUT2D eigenvalue weighted by Gasteiger charge is -2.25. The Balaban J connectivity index is 1.37. The predicted molar refractivity (Wildman–Crippen MR) is 102 cm³/mol. The third-order valence-corrected chi connectivity index (χ3v) is 5.27. The number of carbonyl (C=O) groups excluding carboxylic acids is 1. The summed E-state index contributed by atoms with van der Waals surface area (Å²) in [5.41, 5.74) is 0.506. The zero-order valence-electron chi connectivity index (χ0n) is 16.2. The lowest BCUT2D eigenvalue weighted by atomic mass is 10.0. The van der Waals surface area contributed by atoms with Crippen LogP contribution in [-0.2, 0) is 4.74 Å². The van der Waals surface area contributed by atoms with E-state index in [1.165, 1.54) is 0 Å². The number of hydrogen-bond acceptors (Lipinski definition) is 4. The monoisotopic (exact) mass is 369 g/mol. The van der Waals surface area contributed by atoms with Gasteiger partial charge in [0.25, 0.3) is 0 Å². The van der Waals surface area contributed by atoms with E-state index in [4.69, 9.17) is 9.47 Å². The number of rotatable bonds is 3. The van der Waals surface area contributed by atoms with Gasteiger partial charge in [-0.25, -0.2) is 9.48 Å². The first-order chi connectivity index (χ1) is 12.9. The average molecular weight is 369 g/mol. The number of fused-ring (bicyclic) bond motifs is 1. The molecule has 6 heteroatoms. The van der Waals surface area contributed by atoms with Gasteiger partial charge in [-0.1, -0.05) is 12.1 Å². The molecule has 1 amide bonds. The SMILES string of the molecule is CC(C)(C)OC(=O)N1C[C@H]2CC(Oc3ccccc3-n3cccn3)C[C@H]2C1. The third kappa shape index (κ3) is 3.94. The maximum atomic E-state index is 12.3. The van der Waals surface area contributed by atoms with Crippen LogP contribution in [0.1, 0.15) is 33.6 Å². The molecule has 27 heavy (non-hydrogen) atoms. The highest BCUT2D eigenvalue weighted by molar-refractivity contribution is 5.68. The van der Waals surface area contributed by atoms with E-state index in [9.17, 15) is 4.79 Å². The first-order valence-corrected chi connectivity index (χ1v) is 9.63. The van der Waals surface area contributed by atoms with Crippen LogP contribution < -0.4 is 4.74 Å². The van der Waals surface area contributed by atoms with Crippen LogP contribution in [-0.4, -0.2) is 45.6 Å². The van der Waals surface area contributed by atoms with Gasteiger partial charge in [0.2, 0.25) is 0 Å². The van der Waals surface area contributed by atoms with Crippen LogP contribution in [0.25, 0.3) is 5.69 Å². The van der Waals surface area contributed by atoms with Crippen molar-refractivity contribution in [3.8, 4) is 11.4 Å². The van der Waals surface area contributed by atoms with Gasteiger partial charge < -0.3 is 14.4 Å². The molecular formula is C21H27N3O3. The van der Waals surface area contributed by atoms with Crippen molar-refractivity contribution >= 4 is 6.09 Å². The van der Waals surface area contributed by atoms with E-state index in [2.05, 4.69) is 5.10 Å². The van der Waals surface area contributed by atoms with Crippen LogP contribution >= 0.6 is 0 Å². The van der Waals surface area contributed by atoms with E-state index >= 15 is 0 Å². The summed E-state index contributed by atoms with van der Waals surface area (Å²) in [4.78, 5) is 14.2. The van der Waals surface area contributed by atoms with Crippen LogP contribution in [0.2, 0.25) is 0 Å². The Hall–Kier alpha value is -2.50. The normalized spacial score (nSPS) is 24.7. The molecule has 0 radical (unpaired) electrons. The van der Waals surface area contributed by atoms with Gasteiger partial charge in [0, 0.05) is 25.5 Å². The topological polar surface area (TPSA) is 56.6 Å². The molecule has 1 unspecified atom stereocenters. The summed E-state index contributed by atoms with van der Waals surface area (Å²) in [5, 5.41) is 4.32. The van der Waals surface area contributed by atoms with E-state index in [1.807, 2.05) is 66.9 Å².